The molecule has 2 rings (SSSR count). The van der Waals surface area contributed by atoms with Gasteiger partial charge in [0.1, 0.15) is 11.4 Å². The molecule has 0 atom stereocenters. The van der Waals surface area contributed by atoms with E-state index in [1.54, 1.807) is 4.68 Å². The third-order valence-electron chi connectivity index (χ3n) is 2.80. The van der Waals surface area contributed by atoms with Crippen molar-refractivity contribution in [1.29, 1.82) is 0 Å². The Balaban J connectivity index is 2.46. The Bertz CT molecular complexity index is 661. The third kappa shape index (κ3) is 3.81. The number of carboxylic acid groups (broad SMARTS) is 1. The van der Waals surface area contributed by atoms with Crippen molar-refractivity contribution in [3.63, 3.8) is 0 Å². The van der Waals surface area contributed by atoms with E-state index in [1.807, 2.05) is 19.1 Å². The number of hydrogen-bond acceptors (Lipinski definition) is 5. The molecule has 0 fully saturated rings. The van der Waals surface area contributed by atoms with E-state index in [2.05, 4.69) is 35.8 Å². The number of nitrogens with zero attached hydrogens (tertiary/aromatic N) is 4. The first kappa shape index (κ1) is 15.5. The Labute approximate surface area is 127 Å². The zero-order valence-corrected chi connectivity index (χ0v) is 13.3. The molecule has 2 heterocycles. The molecular formula is C14H18N4O2S. The molecule has 0 radical (unpaired) electrons. The van der Waals surface area contributed by atoms with Gasteiger partial charge in [0.05, 0.1) is 11.4 Å². The summed E-state index contributed by atoms with van der Waals surface area (Å²) in [6.07, 6.45) is 1.48. The molecule has 0 aromatic carbocycles. The average molecular weight is 306 g/mol. The minimum atomic E-state index is -0.857. The van der Waals surface area contributed by atoms with E-state index in [0.717, 1.165) is 16.4 Å². The number of aromatic nitrogens is 4. The van der Waals surface area contributed by atoms with E-state index in [1.165, 1.54) is 18.1 Å². The number of carboxylic acids is 1. The standard InChI is InChI=1S/C14H18N4O2S/c1-9-5-11(16-8-15-9)18-12(21-7-13(19)20)6-10(17-18)14(2,3)4/h5-6,8H,7H2,1-4H3,(H,19,20). The van der Waals surface area contributed by atoms with Gasteiger partial charge >= 0.3 is 5.97 Å². The summed E-state index contributed by atoms with van der Waals surface area (Å²) in [7, 11) is 0. The van der Waals surface area contributed by atoms with Crippen LogP contribution in [-0.4, -0.2) is 36.6 Å². The summed E-state index contributed by atoms with van der Waals surface area (Å²) in [6.45, 7) is 8.08. The van der Waals surface area contributed by atoms with Crippen LogP contribution in [0.1, 0.15) is 32.2 Å². The Kier molecular flexibility index (Phi) is 4.32. The van der Waals surface area contributed by atoms with Crippen LogP contribution in [0.25, 0.3) is 5.82 Å². The molecule has 0 saturated heterocycles. The molecule has 1 N–H and O–H groups in total. The van der Waals surface area contributed by atoms with Crippen LogP contribution in [0.15, 0.2) is 23.5 Å². The molecule has 0 amide bonds. The van der Waals surface area contributed by atoms with Crippen molar-refractivity contribution in [1.82, 2.24) is 19.7 Å². The maximum Gasteiger partial charge on any atom is 0.313 e. The van der Waals surface area contributed by atoms with Crippen LogP contribution in [0.4, 0.5) is 0 Å². The van der Waals surface area contributed by atoms with E-state index in [4.69, 9.17) is 5.11 Å². The predicted octanol–water partition coefficient (Wildman–Crippen LogP) is 2.44. The van der Waals surface area contributed by atoms with E-state index < -0.39 is 5.97 Å². The number of carbonyl (C=O) groups is 1. The fraction of sp³-hybridized carbons (Fsp3) is 0.429. The van der Waals surface area contributed by atoms with Gasteiger partial charge in [0.25, 0.3) is 0 Å². The predicted molar refractivity (Wildman–Crippen MR) is 81.0 cm³/mol. The number of thioether (sulfide) groups is 1. The summed E-state index contributed by atoms with van der Waals surface area (Å²) in [6, 6.07) is 3.75. The zero-order chi connectivity index (χ0) is 15.6. The molecule has 0 aliphatic heterocycles. The highest BCUT2D eigenvalue weighted by Crippen LogP contribution is 2.28. The molecule has 0 spiro atoms. The smallest absolute Gasteiger partial charge is 0.313 e. The van der Waals surface area contributed by atoms with Crippen molar-refractivity contribution in [2.45, 2.75) is 38.1 Å². The van der Waals surface area contributed by atoms with E-state index in [0.29, 0.717) is 5.82 Å². The Morgan fingerprint density at radius 1 is 1.33 bits per heavy atom. The van der Waals surface area contributed by atoms with Gasteiger partial charge in [0.15, 0.2) is 5.82 Å². The number of aliphatic carboxylic acids is 1. The fourth-order valence-corrected chi connectivity index (χ4v) is 2.41. The van der Waals surface area contributed by atoms with Crippen LogP contribution in [-0.2, 0) is 10.2 Å². The normalized spacial score (nSPS) is 11.6. The first-order valence-electron chi connectivity index (χ1n) is 6.51. The van der Waals surface area contributed by atoms with Gasteiger partial charge in [0.2, 0.25) is 0 Å². The van der Waals surface area contributed by atoms with Gasteiger partial charge in [-0.3, -0.25) is 4.79 Å². The summed E-state index contributed by atoms with van der Waals surface area (Å²) >= 11 is 1.23. The lowest BCUT2D eigenvalue weighted by molar-refractivity contribution is -0.133. The minimum absolute atomic E-state index is 0.0145. The average Bonchev–Trinajstić information content (AvgIpc) is 2.80. The summed E-state index contributed by atoms with van der Waals surface area (Å²) in [4.78, 5) is 19.1. The lowest BCUT2D eigenvalue weighted by Crippen LogP contribution is -2.13. The first-order chi connectivity index (χ1) is 9.77. The van der Waals surface area contributed by atoms with Crippen molar-refractivity contribution in [3.8, 4) is 5.82 Å². The Morgan fingerprint density at radius 3 is 2.62 bits per heavy atom. The van der Waals surface area contributed by atoms with Gasteiger partial charge in [-0.15, -0.1) is 0 Å². The quantitative estimate of drug-likeness (QED) is 0.874. The number of aryl methyl sites for hydroxylation is 1. The van der Waals surface area contributed by atoms with Crippen LogP contribution < -0.4 is 0 Å². The third-order valence-corrected chi connectivity index (χ3v) is 3.77. The van der Waals surface area contributed by atoms with Gasteiger partial charge in [-0.1, -0.05) is 32.5 Å². The molecule has 0 saturated carbocycles. The molecule has 112 valence electrons. The minimum Gasteiger partial charge on any atom is -0.481 e. The first-order valence-corrected chi connectivity index (χ1v) is 7.50. The van der Waals surface area contributed by atoms with Crippen molar-refractivity contribution in [2.75, 3.05) is 5.75 Å². The molecular weight excluding hydrogens is 288 g/mol. The second kappa shape index (κ2) is 5.85. The van der Waals surface area contributed by atoms with Crippen molar-refractivity contribution < 1.29 is 9.90 Å². The van der Waals surface area contributed by atoms with Gasteiger partial charge in [-0.25, -0.2) is 14.6 Å². The lowest BCUT2D eigenvalue weighted by atomic mass is 9.93. The van der Waals surface area contributed by atoms with Crippen molar-refractivity contribution >= 4 is 17.7 Å². The molecule has 0 aliphatic rings. The van der Waals surface area contributed by atoms with Crippen LogP contribution in [0.2, 0.25) is 0 Å². The van der Waals surface area contributed by atoms with Crippen molar-refractivity contribution in [3.05, 3.63) is 29.8 Å². The summed E-state index contributed by atoms with van der Waals surface area (Å²) in [5.41, 5.74) is 1.61. The van der Waals surface area contributed by atoms with Crippen molar-refractivity contribution in [2.24, 2.45) is 0 Å². The zero-order valence-electron chi connectivity index (χ0n) is 12.5. The van der Waals surface area contributed by atoms with E-state index in [9.17, 15) is 4.79 Å². The van der Waals surface area contributed by atoms with Crippen LogP contribution in [0.3, 0.4) is 0 Å². The van der Waals surface area contributed by atoms with Crippen LogP contribution in [0.5, 0.6) is 0 Å². The highest BCUT2D eigenvalue weighted by Gasteiger charge is 2.21. The van der Waals surface area contributed by atoms with Gasteiger partial charge in [-0.05, 0) is 13.0 Å². The molecule has 0 unspecified atom stereocenters. The Morgan fingerprint density at radius 2 is 2.05 bits per heavy atom. The van der Waals surface area contributed by atoms with Crippen LogP contribution in [0, 0.1) is 6.92 Å². The maximum atomic E-state index is 10.8. The maximum absolute atomic E-state index is 10.8. The number of rotatable bonds is 4. The molecule has 0 bridgehead atoms. The Hall–Kier alpha value is -1.89. The second-order valence-corrected chi connectivity index (χ2v) is 6.73. The number of hydrogen-bond donors (Lipinski definition) is 1. The molecule has 6 nitrogen and oxygen atoms in total. The summed E-state index contributed by atoms with van der Waals surface area (Å²) in [5.74, 6) is -0.228. The SMILES string of the molecule is Cc1cc(-n2nc(C(C)(C)C)cc2SCC(=O)O)ncn1. The van der Waals surface area contributed by atoms with E-state index in [-0.39, 0.29) is 11.2 Å². The van der Waals surface area contributed by atoms with Gasteiger partial charge in [-0.2, -0.15) is 5.10 Å². The topological polar surface area (TPSA) is 80.9 Å². The molecule has 2 aromatic heterocycles. The highest BCUT2D eigenvalue weighted by atomic mass is 32.2. The van der Waals surface area contributed by atoms with Gasteiger partial charge in [0, 0.05) is 17.2 Å². The molecule has 21 heavy (non-hydrogen) atoms. The summed E-state index contributed by atoms with van der Waals surface area (Å²) in [5, 5.41) is 14.2. The fourth-order valence-electron chi connectivity index (χ4n) is 1.69. The molecule has 7 heteroatoms. The lowest BCUT2D eigenvalue weighted by Gasteiger charge is -2.14. The highest BCUT2D eigenvalue weighted by molar-refractivity contribution is 7.99. The molecule has 0 aliphatic carbocycles. The monoisotopic (exact) mass is 306 g/mol. The largest absolute Gasteiger partial charge is 0.481 e. The van der Waals surface area contributed by atoms with E-state index >= 15 is 0 Å². The van der Waals surface area contributed by atoms with Crippen LogP contribution >= 0.6 is 11.8 Å². The second-order valence-electron chi connectivity index (χ2n) is 5.73. The molecule has 2 aromatic rings. The van der Waals surface area contributed by atoms with Gasteiger partial charge < -0.3 is 5.11 Å². The summed E-state index contributed by atoms with van der Waals surface area (Å²) < 4.78 is 1.68.